The van der Waals surface area contributed by atoms with Gasteiger partial charge in [0.15, 0.2) is 5.11 Å². The van der Waals surface area contributed by atoms with Crippen LogP contribution in [0.2, 0.25) is 0 Å². The van der Waals surface area contributed by atoms with Gasteiger partial charge >= 0.3 is 0 Å². The number of nitrogens with one attached hydrogen (secondary N) is 1. The van der Waals surface area contributed by atoms with Crippen LogP contribution in [-0.4, -0.2) is 40.0 Å². The summed E-state index contributed by atoms with van der Waals surface area (Å²) in [7, 11) is 1.63. The Kier molecular flexibility index (Phi) is 5.14. The molecule has 0 spiro atoms. The van der Waals surface area contributed by atoms with Crippen molar-refractivity contribution in [2.24, 2.45) is 0 Å². The van der Waals surface area contributed by atoms with Gasteiger partial charge in [0.1, 0.15) is 11.3 Å². The van der Waals surface area contributed by atoms with Gasteiger partial charge in [0, 0.05) is 23.6 Å². The molecule has 0 radical (unpaired) electrons. The molecule has 6 nitrogen and oxygen atoms in total. The maximum atomic E-state index is 12.6. The molecule has 1 aromatic carbocycles. The summed E-state index contributed by atoms with van der Waals surface area (Å²) in [5, 5.41) is 2.72. The Bertz CT molecular complexity index is 958. The van der Waals surface area contributed by atoms with Crippen LogP contribution in [0.15, 0.2) is 35.9 Å². The van der Waals surface area contributed by atoms with E-state index in [0.717, 1.165) is 28.4 Å². The summed E-state index contributed by atoms with van der Waals surface area (Å²) < 4.78 is 7.28. The number of methoxy groups -OCH3 is 1. The minimum atomic E-state index is -0.469. The number of rotatable bonds is 4. The van der Waals surface area contributed by atoms with Crippen molar-refractivity contribution in [1.82, 2.24) is 14.8 Å². The van der Waals surface area contributed by atoms with Crippen LogP contribution >= 0.6 is 12.2 Å². The van der Waals surface area contributed by atoms with Crippen molar-refractivity contribution in [3.63, 3.8) is 0 Å². The lowest BCUT2D eigenvalue weighted by atomic mass is 10.1. The predicted octanol–water partition coefficient (Wildman–Crippen LogP) is 2.75. The maximum Gasteiger partial charge on any atom is 0.265 e. The van der Waals surface area contributed by atoms with Crippen molar-refractivity contribution in [3.8, 4) is 11.4 Å². The molecule has 27 heavy (non-hydrogen) atoms. The van der Waals surface area contributed by atoms with E-state index in [1.54, 1.807) is 13.2 Å². The number of thiocarbonyl (C=S) groups is 1. The van der Waals surface area contributed by atoms with Gasteiger partial charge in [0.05, 0.1) is 7.11 Å². The topological polar surface area (TPSA) is 63.6 Å². The number of carbonyl (C=O) groups excluding carboxylic acids is 2. The number of nitrogens with zero attached hydrogens (tertiary/aromatic N) is 2. The number of amides is 2. The van der Waals surface area contributed by atoms with Crippen LogP contribution in [0.25, 0.3) is 11.8 Å². The molecule has 0 saturated carbocycles. The highest BCUT2D eigenvalue weighted by Crippen LogP contribution is 2.25. The first-order valence-electron chi connectivity index (χ1n) is 8.59. The number of ether oxygens (including phenoxy) is 1. The monoisotopic (exact) mass is 383 g/mol. The van der Waals surface area contributed by atoms with Crippen LogP contribution in [0, 0.1) is 13.8 Å². The molecular formula is C20H21N3O3S. The zero-order chi connectivity index (χ0) is 19.7. The molecule has 0 aliphatic carbocycles. The van der Waals surface area contributed by atoms with Crippen molar-refractivity contribution in [2.45, 2.75) is 20.8 Å². The van der Waals surface area contributed by atoms with E-state index < -0.39 is 5.91 Å². The fraction of sp³-hybridized carbons (Fsp3) is 0.250. The van der Waals surface area contributed by atoms with E-state index in [-0.39, 0.29) is 16.6 Å². The fourth-order valence-electron chi connectivity index (χ4n) is 3.20. The van der Waals surface area contributed by atoms with E-state index in [0.29, 0.717) is 6.54 Å². The molecule has 1 fully saturated rings. The number of likely N-dealkylation sites (N-methyl/N-ethyl adjacent to an activating group) is 1. The number of hydrogen-bond acceptors (Lipinski definition) is 4. The van der Waals surface area contributed by atoms with Gasteiger partial charge in [-0.25, -0.2) is 0 Å². The summed E-state index contributed by atoms with van der Waals surface area (Å²) in [4.78, 5) is 26.3. The zero-order valence-corrected chi connectivity index (χ0v) is 16.5. The normalized spacial score (nSPS) is 16.1. The molecule has 1 aromatic heterocycles. The number of hydrogen-bond donors (Lipinski definition) is 1. The Balaban J connectivity index is 2.03. The molecule has 2 amide bonds. The summed E-state index contributed by atoms with van der Waals surface area (Å²) in [6, 6.07) is 9.67. The third-order valence-electron chi connectivity index (χ3n) is 4.60. The molecule has 1 aliphatic heterocycles. The molecule has 140 valence electrons. The predicted molar refractivity (Wildman–Crippen MR) is 108 cm³/mol. The Hall–Kier alpha value is -2.93. The van der Waals surface area contributed by atoms with Gasteiger partial charge in [-0.05, 0) is 75.0 Å². The molecule has 0 bridgehead atoms. The highest BCUT2D eigenvalue weighted by Gasteiger charge is 2.32. The van der Waals surface area contributed by atoms with Crippen LogP contribution in [-0.2, 0) is 9.59 Å². The van der Waals surface area contributed by atoms with E-state index in [2.05, 4.69) is 9.88 Å². The van der Waals surface area contributed by atoms with E-state index in [4.69, 9.17) is 17.0 Å². The first kappa shape index (κ1) is 18.8. The molecular weight excluding hydrogens is 362 g/mol. The van der Waals surface area contributed by atoms with Gasteiger partial charge in [-0.3, -0.25) is 19.8 Å². The second-order valence-corrected chi connectivity index (χ2v) is 6.61. The highest BCUT2D eigenvalue weighted by atomic mass is 32.1. The van der Waals surface area contributed by atoms with Gasteiger partial charge in [0.2, 0.25) is 0 Å². The van der Waals surface area contributed by atoms with Crippen molar-refractivity contribution >= 4 is 35.2 Å². The van der Waals surface area contributed by atoms with E-state index in [9.17, 15) is 9.59 Å². The standard InChI is InChI=1S/C20H21N3O3S/c1-5-22-19(25)17(18(24)21-20(22)27)11-14-10-12(2)23(13(14)3)15-6-8-16(26-4)9-7-15/h6-11H,5H2,1-4H3,(H,21,24,27)/b17-11+. The lowest BCUT2D eigenvalue weighted by molar-refractivity contribution is -0.128. The SMILES string of the molecule is CCN1C(=O)/C(=C/c2cc(C)n(-c3ccc(OC)cc3)c2C)C(=O)NC1=S. The van der Waals surface area contributed by atoms with E-state index >= 15 is 0 Å². The average Bonchev–Trinajstić information content (AvgIpc) is 2.92. The van der Waals surface area contributed by atoms with E-state index in [1.165, 1.54) is 4.90 Å². The number of benzene rings is 1. The first-order chi connectivity index (χ1) is 12.9. The molecule has 1 N–H and O–H groups in total. The van der Waals surface area contributed by atoms with E-state index in [1.807, 2.05) is 51.1 Å². The van der Waals surface area contributed by atoms with Crippen molar-refractivity contribution in [3.05, 3.63) is 52.9 Å². The molecule has 2 heterocycles. The number of aryl methyl sites for hydroxylation is 1. The lowest BCUT2D eigenvalue weighted by Crippen LogP contribution is -2.53. The van der Waals surface area contributed by atoms with Crippen LogP contribution in [0.1, 0.15) is 23.9 Å². The molecule has 1 aliphatic rings. The van der Waals surface area contributed by atoms with Crippen molar-refractivity contribution in [2.75, 3.05) is 13.7 Å². The summed E-state index contributed by atoms with van der Waals surface area (Å²) in [5.41, 5.74) is 3.80. The van der Waals surface area contributed by atoms with Gasteiger partial charge in [-0.2, -0.15) is 0 Å². The summed E-state index contributed by atoms with van der Waals surface area (Å²) in [6.45, 7) is 6.15. The number of aromatic nitrogens is 1. The van der Waals surface area contributed by atoms with Crippen LogP contribution in [0.5, 0.6) is 5.75 Å². The first-order valence-corrected chi connectivity index (χ1v) is 9.00. The summed E-state index contributed by atoms with van der Waals surface area (Å²) >= 11 is 5.06. The maximum absolute atomic E-state index is 12.6. The molecule has 3 rings (SSSR count). The molecule has 7 heteroatoms. The average molecular weight is 383 g/mol. The summed E-state index contributed by atoms with van der Waals surface area (Å²) in [6.07, 6.45) is 1.63. The number of carbonyl (C=O) groups is 2. The highest BCUT2D eigenvalue weighted by molar-refractivity contribution is 7.80. The Labute approximate surface area is 163 Å². The largest absolute Gasteiger partial charge is 0.497 e. The molecule has 0 atom stereocenters. The minimum absolute atomic E-state index is 0.0837. The Morgan fingerprint density at radius 3 is 2.44 bits per heavy atom. The second kappa shape index (κ2) is 7.36. The van der Waals surface area contributed by atoms with Crippen LogP contribution in [0.4, 0.5) is 0 Å². The second-order valence-electron chi connectivity index (χ2n) is 6.23. The third kappa shape index (κ3) is 3.38. The van der Waals surface area contributed by atoms with Gasteiger partial charge in [-0.1, -0.05) is 0 Å². The smallest absolute Gasteiger partial charge is 0.265 e. The van der Waals surface area contributed by atoms with Gasteiger partial charge in [0.25, 0.3) is 11.8 Å². The Morgan fingerprint density at radius 2 is 1.85 bits per heavy atom. The minimum Gasteiger partial charge on any atom is -0.497 e. The lowest BCUT2D eigenvalue weighted by Gasteiger charge is -2.27. The van der Waals surface area contributed by atoms with Crippen LogP contribution in [0.3, 0.4) is 0 Å². The van der Waals surface area contributed by atoms with Gasteiger partial charge in [-0.15, -0.1) is 0 Å². The van der Waals surface area contributed by atoms with Crippen molar-refractivity contribution < 1.29 is 14.3 Å². The molecule has 1 saturated heterocycles. The quantitative estimate of drug-likeness (QED) is 0.501. The molecule has 2 aromatic rings. The zero-order valence-electron chi connectivity index (χ0n) is 15.7. The van der Waals surface area contributed by atoms with Gasteiger partial charge < -0.3 is 9.30 Å². The van der Waals surface area contributed by atoms with Crippen LogP contribution < -0.4 is 10.1 Å². The van der Waals surface area contributed by atoms with Crippen molar-refractivity contribution in [1.29, 1.82) is 0 Å². The summed E-state index contributed by atoms with van der Waals surface area (Å²) in [5.74, 6) is -0.0619. The fourth-order valence-corrected chi connectivity index (χ4v) is 3.50. The third-order valence-corrected chi connectivity index (χ3v) is 4.93. The Morgan fingerprint density at radius 1 is 1.19 bits per heavy atom. The molecule has 0 unspecified atom stereocenters.